The topological polar surface area (TPSA) is 55.6 Å². The van der Waals surface area contributed by atoms with Gasteiger partial charge in [0.25, 0.3) is 0 Å². The van der Waals surface area contributed by atoms with Crippen LogP contribution in [0.4, 0.5) is 4.79 Å². The van der Waals surface area contributed by atoms with E-state index in [1.165, 1.54) is 5.56 Å². The number of carbonyl (C=O) groups excluding carboxylic acids is 1. The maximum Gasteiger partial charge on any atom is 0.410 e. The van der Waals surface area contributed by atoms with Gasteiger partial charge in [-0.05, 0) is 24.1 Å². The second kappa shape index (κ2) is 5.51. The van der Waals surface area contributed by atoms with Crippen LogP contribution in [0.25, 0.3) is 0 Å². The third-order valence-corrected chi connectivity index (χ3v) is 3.27. The monoisotopic (exact) mass is 298 g/mol. The first-order valence-electron chi connectivity index (χ1n) is 5.59. The Bertz CT molecular complexity index is 411. The molecule has 1 saturated heterocycles. The smallest absolute Gasteiger partial charge is 0.410 e. The summed E-state index contributed by atoms with van der Waals surface area (Å²) in [4.78, 5) is 13.2. The molecular formula is C12H15BrN2O2. The molecule has 92 valence electrons. The summed E-state index contributed by atoms with van der Waals surface area (Å²) in [6.45, 7) is 1.66. The fourth-order valence-corrected chi connectivity index (χ4v) is 2.28. The van der Waals surface area contributed by atoms with Crippen LogP contribution in [-0.4, -0.2) is 36.7 Å². The minimum atomic E-state index is -0.254. The molecule has 1 aliphatic rings. The summed E-state index contributed by atoms with van der Waals surface area (Å²) < 4.78 is 6.14. The number of ether oxygens (including phenoxy) is 1. The number of carbonyl (C=O) groups is 1. The molecule has 2 rings (SSSR count). The molecule has 1 unspecified atom stereocenters. The highest BCUT2D eigenvalue weighted by Crippen LogP contribution is 2.14. The van der Waals surface area contributed by atoms with Crippen molar-refractivity contribution in [1.82, 2.24) is 4.90 Å². The first-order valence-corrected chi connectivity index (χ1v) is 6.38. The number of nitrogens with zero attached hydrogens (tertiary/aromatic N) is 1. The van der Waals surface area contributed by atoms with Gasteiger partial charge in [-0.1, -0.05) is 28.1 Å². The largest absolute Gasteiger partial charge is 0.443 e. The Kier molecular flexibility index (Phi) is 4.02. The van der Waals surface area contributed by atoms with Gasteiger partial charge in [-0.3, -0.25) is 0 Å². The van der Waals surface area contributed by atoms with E-state index in [9.17, 15) is 4.79 Å². The van der Waals surface area contributed by atoms with E-state index < -0.39 is 0 Å². The fourth-order valence-electron chi connectivity index (χ4n) is 1.84. The number of halogens is 1. The van der Waals surface area contributed by atoms with E-state index in [-0.39, 0.29) is 12.2 Å². The molecule has 17 heavy (non-hydrogen) atoms. The average molecular weight is 299 g/mol. The lowest BCUT2D eigenvalue weighted by molar-refractivity contribution is 0.135. The summed E-state index contributed by atoms with van der Waals surface area (Å²) in [6.07, 6.45) is 0.423. The predicted octanol–water partition coefficient (Wildman–Crippen LogP) is 1.77. The first kappa shape index (κ1) is 12.4. The van der Waals surface area contributed by atoms with Gasteiger partial charge in [0, 0.05) is 17.6 Å². The van der Waals surface area contributed by atoms with Crippen LogP contribution in [0.1, 0.15) is 5.56 Å². The van der Waals surface area contributed by atoms with E-state index >= 15 is 0 Å². The molecule has 1 aromatic carbocycles. The average Bonchev–Trinajstić information content (AvgIpc) is 2.68. The Hall–Kier alpha value is -1.07. The number of hydrogen-bond acceptors (Lipinski definition) is 3. The maximum absolute atomic E-state index is 11.5. The molecule has 1 aromatic rings. The minimum Gasteiger partial charge on any atom is -0.443 e. The fraction of sp³-hybridized carbons (Fsp3) is 0.417. The van der Waals surface area contributed by atoms with Crippen molar-refractivity contribution in [3.8, 4) is 0 Å². The van der Waals surface area contributed by atoms with E-state index in [1.807, 2.05) is 18.2 Å². The van der Waals surface area contributed by atoms with Gasteiger partial charge in [-0.25, -0.2) is 4.79 Å². The number of amides is 1. The van der Waals surface area contributed by atoms with E-state index in [2.05, 4.69) is 22.0 Å². The Morgan fingerprint density at radius 2 is 2.35 bits per heavy atom. The molecule has 1 amide bonds. The molecule has 0 radical (unpaired) electrons. The number of hydrogen-bond donors (Lipinski definition) is 1. The number of benzene rings is 1. The van der Waals surface area contributed by atoms with Crippen molar-refractivity contribution >= 4 is 22.0 Å². The number of cyclic esters (lactones) is 1. The van der Waals surface area contributed by atoms with Gasteiger partial charge in [-0.15, -0.1) is 0 Å². The lowest BCUT2D eigenvalue weighted by Crippen LogP contribution is -2.29. The molecule has 5 heteroatoms. The second-order valence-corrected chi connectivity index (χ2v) is 4.98. The van der Waals surface area contributed by atoms with E-state index in [4.69, 9.17) is 10.5 Å². The van der Waals surface area contributed by atoms with Crippen molar-refractivity contribution in [3.63, 3.8) is 0 Å². The predicted molar refractivity (Wildman–Crippen MR) is 68.7 cm³/mol. The standard InChI is InChI=1S/C12H15BrN2O2/c13-10-3-1-2-9(6-10)4-5-15-8-11(7-14)17-12(15)16/h1-3,6,11H,4-5,7-8,14H2. The third-order valence-electron chi connectivity index (χ3n) is 2.77. The minimum absolute atomic E-state index is 0.148. The van der Waals surface area contributed by atoms with Crippen LogP contribution in [0.5, 0.6) is 0 Å². The van der Waals surface area contributed by atoms with E-state index in [0.717, 1.165) is 10.9 Å². The summed E-state index contributed by atoms with van der Waals surface area (Å²) in [7, 11) is 0. The zero-order chi connectivity index (χ0) is 12.3. The van der Waals surface area contributed by atoms with Gasteiger partial charge in [-0.2, -0.15) is 0 Å². The molecule has 0 saturated carbocycles. The molecular weight excluding hydrogens is 284 g/mol. The van der Waals surface area contributed by atoms with Crippen molar-refractivity contribution in [2.24, 2.45) is 5.73 Å². The van der Waals surface area contributed by atoms with Gasteiger partial charge < -0.3 is 15.4 Å². The van der Waals surface area contributed by atoms with Gasteiger partial charge in [0.05, 0.1) is 6.54 Å². The summed E-state index contributed by atoms with van der Waals surface area (Å²) in [5.41, 5.74) is 6.67. The van der Waals surface area contributed by atoms with Crippen molar-refractivity contribution < 1.29 is 9.53 Å². The Morgan fingerprint density at radius 3 is 3.00 bits per heavy atom. The van der Waals surface area contributed by atoms with E-state index in [0.29, 0.717) is 19.6 Å². The second-order valence-electron chi connectivity index (χ2n) is 4.07. The van der Waals surface area contributed by atoms with Crippen LogP contribution in [0.2, 0.25) is 0 Å². The van der Waals surface area contributed by atoms with E-state index in [1.54, 1.807) is 4.90 Å². The summed E-state index contributed by atoms with van der Waals surface area (Å²) >= 11 is 3.43. The Morgan fingerprint density at radius 1 is 1.53 bits per heavy atom. The summed E-state index contributed by atoms with van der Waals surface area (Å²) in [6, 6.07) is 8.08. The molecule has 1 aliphatic heterocycles. The van der Waals surface area contributed by atoms with Crippen LogP contribution in [0.3, 0.4) is 0 Å². The molecule has 0 spiro atoms. The van der Waals surface area contributed by atoms with Crippen molar-refractivity contribution in [2.75, 3.05) is 19.6 Å². The molecule has 2 N–H and O–H groups in total. The lowest BCUT2D eigenvalue weighted by atomic mass is 10.1. The highest BCUT2D eigenvalue weighted by atomic mass is 79.9. The van der Waals surface area contributed by atoms with Gasteiger partial charge in [0.15, 0.2) is 0 Å². The molecule has 1 heterocycles. The van der Waals surface area contributed by atoms with Crippen molar-refractivity contribution in [1.29, 1.82) is 0 Å². The molecule has 0 aliphatic carbocycles. The first-order chi connectivity index (χ1) is 8.19. The van der Waals surface area contributed by atoms with Gasteiger partial charge in [0.1, 0.15) is 6.10 Å². The van der Waals surface area contributed by atoms with Crippen LogP contribution < -0.4 is 5.73 Å². The van der Waals surface area contributed by atoms with Gasteiger partial charge >= 0.3 is 6.09 Å². The highest BCUT2D eigenvalue weighted by Gasteiger charge is 2.29. The summed E-state index contributed by atoms with van der Waals surface area (Å²) in [5.74, 6) is 0. The molecule has 0 aromatic heterocycles. The number of nitrogens with two attached hydrogens (primary N) is 1. The quantitative estimate of drug-likeness (QED) is 0.922. The normalized spacial score (nSPS) is 19.5. The van der Waals surface area contributed by atoms with Crippen LogP contribution >= 0.6 is 15.9 Å². The van der Waals surface area contributed by atoms with Crippen LogP contribution in [0.15, 0.2) is 28.7 Å². The SMILES string of the molecule is NCC1CN(CCc2cccc(Br)c2)C(=O)O1. The lowest BCUT2D eigenvalue weighted by Gasteiger charge is -2.12. The van der Waals surface area contributed by atoms with Crippen molar-refractivity contribution in [2.45, 2.75) is 12.5 Å². The number of rotatable bonds is 4. The zero-order valence-corrected chi connectivity index (χ0v) is 11.0. The van der Waals surface area contributed by atoms with Gasteiger partial charge in [0.2, 0.25) is 0 Å². The zero-order valence-electron chi connectivity index (χ0n) is 9.43. The Balaban J connectivity index is 1.88. The maximum atomic E-state index is 11.5. The van der Waals surface area contributed by atoms with Crippen LogP contribution in [-0.2, 0) is 11.2 Å². The van der Waals surface area contributed by atoms with Crippen LogP contribution in [0, 0.1) is 0 Å². The molecule has 1 fully saturated rings. The molecule has 4 nitrogen and oxygen atoms in total. The highest BCUT2D eigenvalue weighted by molar-refractivity contribution is 9.10. The molecule has 0 bridgehead atoms. The third kappa shape index (κ3) is 3.20. The summed E-state index contributed by atoms with van der Waals surface area (Å²) in [5, 5.41) is 0. The van der Waals surface area contributed by atoms with Crippen molar-refractivity contribution in [3.05, 3.63) is 34.3 Å². The Labute approximate surface area is 109 Å². The molecule has 1 atom stereocenters.